The Bertz CT molecular complexity index is 2020. The Balaban J connectivity index is 1.56. The van der Waals surface area contributed by atoms with Gasteiger partial charge in [-0.25, -0.2) is 0 Å². The van der Waals surface area contributed by atoms with Gasteiger partial charge in [0.1, 0.15) is 0 Å². The average molecular weight is 441 g/mol. The molecule has 0 spiro atoms. The van der Waals surface area contributed by atoms with Crippen LogP contribution in [0.3, 0.4) is 0 Å². The molecule has 0 saturated heterocycles. The molecule has 9 rings (SSSR count). The highest BCUT2D eigenvalue weighted by Crippen LogP contribution is 2.48. The molecule has 8 aromatic rings. The normalized spacial score (nSPS) is 14.7. The van der Waals surface area contributed by atoms with E-state index in [1.54, 1.807) is 0 Å². The first-order valence-electron chi connectivity index (χ1n) is 12.4. The fraction of sp³-hybridized carbons (Fsp3) is 0.0909. The van der Waals surface area contributed by atoms with Crippen molar-refractivity contribution in [1.82, 2.24) is 4.90 Å². The van der Waals surface area contributed by atoms with E-state index < -0.39 is 0 Å². The zero-order valence-corrected chi connectivity index (χ0v) is 19.2. The summed E-state index contributed by atoms with van der Waals surface area (Å²) in [6.45, 7) is 1.84. The molecule has 2 heteroatoms. The molecule has 1 aliphatic rings. The first-order valence-corrected chi connectivity index (χ1v) is 12.4. The Hall–Kier alpha value is -3.88. The molecule has 2 radical (unpaired) electrons. The van der Waals surface area contributed by atoms with Gasteiger partial charge >= 0.3 is 0 Å². The molecular weight excluding hydrogens is 421 g/mol. The van der Waals surface area contributed by atoms with Crippen LogP contribution >= 0.6 is 0 Å². The predicted octanol–water partition coefficient (Wildman–Crippen LogP) is 8.08. The molecule has 0 amide bonds. The molecule has 0 unspecified atom stereocenters. The zero-order valence-electron chi connectivity index (χ0n) is 19.2. The SMILES string of the molecule is [B]CN1Cc2ccc3c4ccc5c6cccc7cccc(c8ccc(c9ccc(c2c39)C1)c4c58)c76. The fourth-order valence-electron chi connectivity index (χ4n) is 7.21. The van der Waals surface area contributed by atoms with Crippen molar-refractivity contribution >= 4 is 83.3 Å². The summed E-state index contributed by atoms with van der Waals surface area (Å²) in [7, 11) is 6.03. The number of fused-ring (bicyclic) bond motifs is 4. The molecule has 0 saturated carbocycles. The molecule has 160 valence electrons. The molecule has 0 N–H and O–H groups in total. The summed E-state index contributed by atoms with van der Waals surface area (Å²) in [4.78, 5) is 2.32. The maximum Gasteiger partial charge on any atom is 0.0863 e. The van der Waals surface area contributed by atoms with Crippen LogP contribution in [0.1, 0.15) is 11.1 Å². The summed E-state index contributed by atoms with van der Waals surface area (Å²) in [6.07, 6.45) is 0.590. The van der Waals surface area contributed by atoms with E-state index in [9.17, 15) is 0 Å². The van der Waals surface area contributed by atoms with Gasteiger partial charge in [-0.15, -0.1) is 0 Å². The zero-order chi connectivity index (χ0) is 22.8. The van der Waals surface area contributed by atoms with Crippen molar-refractivity contribution in [2.24, 2.45) is 0 Å². The highest BCUT2D eigenvalue weighted by atomic mass is 15.1. The molecule has 0 aliphatic carbocycles. The van der Waals surface area contributed by atoms with Gasteiger partial charge in [0.25, 0.3) is 0 Å². The largest absolute Gasteiger partial charge is 0.303 e. The van der Waals surface area contributed by atoms with Gasteiger partial charge < -0.3 is 4.90 Å². The van der Waals surface area contributed by atoms with Crippen LogP contribution < -0.4 is 0 Å². The van der Waals surface area contributed by atoms with Crippen molar-refractivity contribution in [1.29, 1.82) is 0 Å². The first kappa shape index (κ1) is 18.5. The van der Waals surface area contributed by atoms with E-state index in [4.69, 9.17) is 7.85 Å². The molecule has 1 aliphatic heterocycles. The third-order valence-electron chi connectivity index (χ3n) is 8.61. The Morgan fingerprint density at radius 2 is 0.857 bits per heavy atom. The van der Waals surface area contributed by atoms with E-state index in [2.05, 4.69) is 89.8 Å². The molecule has 0 fully saturated rings. The van der Waals surface area contributed by atoms with Crippen LogP contribution in [0, 0.1) is 0 Å². The number of hydrogen-bond donors (Lipinski definition) is 0. The van der Waals surface area contributed by atoms with Crippen molar-refractivity contribution in [2.45, 2.75) is 13.1 Å². The third kappa shape index (κ3) is 2.12. The van der Waals surface area contributed by atoms with Gasteiger partial charge in [0, 0.05) is 13.1 Å². The quantitative estimate of drug-likeness (QED) is 0.141. The second-order valence-corrected chi connectivity index (χ2v) is 10.2. The minimum absolute atomic E-state index is 0.590. The molecule has 0 aromatic heterocycles. The topological polar surface area (TPSA) is 3.24 Å². The highest BCUT2D eigenvalue weighted by molar-refractivity contribution is 6.42. The minimum atomic E-state index is 0.590. The second-order valence-electron chi connectivity index (χ2n) is 10.2. The first-order chi connectivity index (χ1) is 17.3. The summed E-state index contributed by atoms with van der Waals surface area (Å²) in [5, 5.41) is 19.3. The third-order valence-corrected chi connectivity index (χ3v) is 8.61. The fourth-order valence-corrected chi connectivity index (χ4v) is 7.21. The lowest BCUT2D eigenvalue weighted by molar-refractivity contribution is 0.297. The number of hydrogen-bond acceptors (Lipinski definition) is 1. The van der Waals surface area contributed by atoms with E-state index in [0.29, 0.717) is 6.44 Å². The van der Waals surface area contributed by atoms with Gasteiger partial charge in [-0.05, 0) is 93.0 Å². The van der Waals surface area contributed by atoms with Crippen LogP contribution in [0.25, 0.3) is 75.4 Å². The monoisotopic (exact) mass is 441 g/mol. The summed E-state index contributed by atoms with van der Waals surface area (Å²) in [5.74, 6) is 0. The molecule has 1 heterocycles. The van der Waals surface area contributed by atoms with E-state index in [-0.39, 0.29) is 0 Å². The van der Waals surface area contributed by atoms with Crippen LogP contribution in [0.5, 0.6) is 0 Å². The lowest BCUT2D eigenvalue weighted by Crippen LogP contribution is -2.27. The number of rotatable bonds is 1. The average Bonchev–Trinajstić information content (AvgIpc) is 2.92. The standard InChI is InChI=1S/C33H20BN/c34-17-35-15-19-7-9-23-27-13-11-25-21-5-1-3-18-4-2-6-22(30(18)21)26-12-14-28(33(27)32(25)26)24-10-8-20(16-35)29(19)31(23)24/h1-14H,15-17H2. The highest BCUT2D eigenvalue weighted by Gasteiger charge is 2.23. The molecule has 0 bridgehead atoms. The number of nitrogens with zero attached hydrogens (tertiary/aromatic N) is 1. The van der Waals surface area contributed by atoms with Crippen molar-refractivity contribution in [3.05, 3.63) is 96.1 Å². The van der Waals surface area contributed by atoms with Crippen molar-refractivity contribution < 1.29 is 0 Å². The molecule has 1 nitrogen and oxygen atoms in total. The van der Waals surface area contributed by atoms with Gasteiger partial charge in [0.2, 0.25) is 0 Å². The van der Waals surface area contributed by atoms with Gasteiger partial charge in [-0.3, -0.25) is 0 Å². The van der Waals surface area contributed by atoms with Gasteiger partial charge in [-0.1, -0.05) is 84.9 Å². The van der Waals surface area contributed by atoms with Crippen LogP contribution in [0.2, 0.25) is 0 Å². The maximum atomic E-state index is 6.03. The Labute approximate surface area is 203 Å². The van der Waals surface area contributed by atoms with Crippen LogP contribution in [0.4, 0.5) is 0 Å². The van der Waals surface area contributed by atoms with Crippen LogP contribution in [-0.2, 0) is 13.1 Å². The van der Waals surface area contributed by atoms with Gasteiger partial charge in [0.05, 0.1) is 7.85 Å². The summed E-state index contributed by atoms with van der Waals surface area (Å²) >= 11 is 0. The van der Waals surface area contributed by atoms with Crippen LogP contribution in [-0.4, -0.2) is 19.2 Å². The van der Waals surface area contributed by atoms with Crippen LogP contribution in [0.15, 0.2) is 84.9 Å². The summed E-state index contributed by atoms with van der Waals surface area (Å²) in [6, 6.07) is 32.3. The minimum Gasteiger partial charge on any atom is -0.303 e. The molecule has 0 atom stereocenters. The Morgan fingerprint density at radius 1 is 0.457 bits per heavy atom. The summed E-state index contributed by atoms with van der Waals surface area (Å²) in [5.41, 5.74) is 2.79. The molecule has 8 aromatic carbocycles. The van der Waals surface area contributed by atoms with Crippen molar-refractivity contribution in [3.63, 3.8) is 0 Å². The predicted molar refractivity (Wildman–Crippen MR) is 151 cm³/mol. The maximum absolute atomic E-state index is 6.03. The van der Waals surface area contributed by atoms with Gasteiger partial charge in [0.15, 0.2) is 0 Å². The van der Waals surface area contributed by atoms with Crippen molar-refractivity contribution in [3.8, 4) is 0 Å². The van der Waals surface area contributed by atoms with Crippen molar-refractivity contribution in [2.75, 3.05) is 6.44 Å². The number of benzene rings is 8. The van der Waals surface area contributed by atoms with Gasteiger partial charge in [-0.2, -0.15) is 0 Å². The molecule has 35 heavy (non-hydrogen) atoms. The Kier molecular flexibility index (Phi) is 3.28. The van der Waals surface area contributed by atoms with E-state index in [1.165, 1.54) is 86.5 Å². The molecular formula is C33H20BN. The lowest BCUT2D eigenvalue weighted by Gasteiger charge is -2.30. The van der Waals surface area contributed by atoms with E-state index >= 15 is 0 Å². The smallest absolute Gasteiger partial charge is 0.0863 e. The Morgan fingerprint density at radius 3 is 1.31 bits per heavy atom. The van der Waals surface area contributed by atoms with E-state index in [1.807, 2.05) is 0 Å². The second kappa shape index (κ2) is 6.21. The summed E-state index contributed by atoms with van der Waals surface area (Å²) < 4.78 is 0. The lowest BCUT2D eigenvalue weighted by atomic mass is 9.82. The van der Waals surface area contributed by atoms with E-state index in [0.717, 1.165) is 13.1 Å².